The Bertz CT molecular complexity index is 668. The van der Waals surface area contributed by atoms with Crippen LogP contribution in [0.2, 0.25) is 0 Å². The van der Waals surface area contributed by atoms with Crippen molar-refractivity contribution in [1.82, 2.24) is 10.3 Å². The Morgan fingerprint density at radius 3 is 2.65 bits per heavy atom. The molecule has 2 saturated heterocycles. The van der Waals surface area contributed by atoms with Crippen molar-refractivity contribution >= 4 is 21.8 Å². The molecule has 106 valence electrons. The molecule has 0 aliphatic carbocycles. The molecule has 2 bridgehead atoms. The third-order valence-corrected chi connectivity index (χ3v) is 6.75. The smallest absolute Gasteiger partial charge is 0.135 e. The molecule has 1 aromatic heterocycles. The van der Waals surface area contributed by atoms with Gasteiger partial charge in [-0.25, -0.2) is 4.63 Å². The molecule has 2 aliphatic rings. The van der Waals surface area contributed by atoms with Crippen molar-refractivity contribution in [3.63, 3.8) is 0 Å². The van der Waals surface area contributed by atoms with Gasteiger partial charge in [-0.2, -0.15) is 0 Å². The minimum Gasteiger partial charge on any atom is -0.385 e. The van der Waals surface area contributed by atoms with E-state index >= 15 is 0 Å². The lowest BCUT2D eigenvalue weighted by Gasteiger charge is -2.43. The van der Waals surface area contributed by atoms with Gasteiger partial charge in [0, 0.05) is 21.3 Å². The highest BCUT2D eigenvalue weighted by atomic mass is 32.2. The number of aliphatic hydroxyl groups is 1. The topological polar surface area (TPSA) is 76.2 Å². The summed E-state index contributed by atoms with van der Waals surface area (Å²) >= 11 is 0. The van der Waals surface area contributed by atoms with Gasteiger partial charge in [0.25, 0.3) is 0 Å². The first-order valence-electron chi connectivity index (χ1n) is 7.00. The summed E-state index contributed by atoms with van der Waals surface area (Å²) < 4.78 is 17.0. The highest BCUT2D eigenvalue weighted by Crippen LogP contribution is 2.44. The molecular weight excluding hydrogens is 276 g/mol. The van der Waals surface area contributed by atoms with Crippen LogP contribution >= 0.6 is 0 Å². The second-order valence-corrected chi connectivity index (χ2v) is 7.90. The first kappa shape index (κ1) is 12.5. The van der Waals surface area contributed by atoms with Gasteiger partial charge in [-0.1, -0.05) is 12.5 Å². The predicted molar refractivity (Wildman–Crippen MR) is 74.5 cm³/mol. The number of rotatable bonds is 1. The minimum absolute atomic E-state index is 0.124. The fourth-order valence-electron chi connectivity index (χ4n) is 3.59. The third kappa shape index (κ3) is 1.82. The van der Waals surface area contributed by atoms with Crippen LogP contribution in [0.4, 0.5) is 0 Å². The van der Waals surface area contributed by atoms with Crippen LogP contribution in [0.15, 0.2) is 22.8 Å². The maximum atomic E-state index is 12.3. The summed E-state index contributed by atoms with van der Waals surface area (Å²) in [5.74, 6) is 0. The van der Waals surface area contributed by atoms with Crippen molar-refractivity contribution in [2.24, 2.45) is 0 Å². The van der Waals surface area contributed by atoms with Crippen molar-refractivity contribution in [3.05, 3.63) is 23.8 Å². The van der Waals surface area contributed by atoms with E-state index in [-0.39, 0.29) is 10.5 Å². The van der Waals surface area contributed by atoms with Gasteiger partial charge in [-0.3, -0.25) is 4.21 Å². The third-order valence-electron chi connectivity index (χ3n) is 4.63. The van der Waals surface area contributed by atoms with E-state index in [1.54, 1.807) is 0 Å². The van der Waals surface area contributed by atoms with Crippen LogP contribution in [-0.4, -0.2) is 30.1 Å². The second kappa shape index (κ2) is 4.36. The molecule has 4 rings (SSSR count). The summed E-state index contributed by atoms with van der Waals surface area (Å²) in [7, 11) is -0.782. The highest BCUT2D eigenvalue weighted by molar-refractivity contribution is 7.86. The van der Waals surface area contributed by atoms with Crippen LogP contribution in [0.25, 0.3) is 11.0 Å². The van der Waals surface area contributed by atoms with E-state index in [1.807, 2.05) is 18.2 Å². The van der Waals surface area contributed by atoms with Crippen molar-refractivity contribution in [2.75, 3.05) is 0 Å². The Morgan fingerprint density at radius 2 is 1.90 bits per heavy atom. The Morgan fingerprint density at radius 1 is 1.20 bits per heavy atom. The first-order chi connectivity index (χ1) is 9.66. The summed E-state index contributed by atoms with van der Waals surface area (Å²) in [6, 6.07) is 5.55. The zero-order valence-electron chi connectivity index (χ0n) is 11.0. The van der Waals surface area contributed by atoms with Crippen molar-refractivity contribution in [2.45, 2.75) is 48.2 Å². The van der Waals surface area contributed by atoms with Crippen molar-refractivity contribution in [3.8, 4) is 0 Å². The van der Waals surface area contributed by atoms with E-state index < -0.39 is 16.4 Å². The van der Waals surface area contributed by atoms with Gasteiger partial charge in [-0.15, -0.1) is 0 Å². The Kier molecular flexibility index (Phi) is 2.72. The second-order valence-electron chi connectivity index (χ2n) is 5.91. The Hall–Kier alpha value is -1.27. The molecule has 0 saturated carbocycles. The van der Waals surface area contributed by atoms with E-state index in [4.69, 9.17) is 4.63 Å². The number of benzene rings is 1. The molecule has 6 heteroatoms. The van der Waals surface area contributed by atoms with Gasteiger partial charge in [0.05, 0.1) is 5.60 Å². The van der Waals surface area contributed by atoms with Gasteiger partial charge in [-0.05, 0) is 53.7 Å². The molecule has 3 heterocycles. The average molecular weight is 292 g/mol. The number of hydrogen-bond acceptors (Lipinski definition) is 5. The van der Waals surface area contributed by atoms with Gasteiger partial charge in [0.1, 0.15) is 11.0 Å². The van der Waals surface area contributed by atoms with Crippen LogP contribution in [-0.2, 0) is 16.4 Å². The number of fused-ring (bicyclic) bond motifs is 3. The molecule has 1 N–H and O–H groups in total. The van der Waals surface area contributed by atoms with Crippen LogP contribution in [0.1, 0.15) is 37.7 Å². The van der Waals surface area contributed by atoms with Gasteiger partial charge in [0.15, 0.2) is 0 Å². The summed E-state index contributed by atoms with van der Waals surface area (Å²) in [4.78, 5) is 0. The van der Waals surface area contributed by atoms with Crippen molar-refractivity contribution < 1.29 is 13.9 Å². The maximum absolute atomic E-state index is 12.3. The summed E-state index contributed by atoms with van der Waals surface area (Å²) in [5.41, 5.74) is 1.30. The van der Waals surface area contributed by atoms with E-state index in [0.29, 0.717) is 23.9 Å². The molecule has 2 atom stereocenters. The van der Waals surface area contributed by atoms with Gasteiger partial charge < -0.3 is 5.11 Å². The molecule has 2 aromatic rings. The zero-order chi connectivity index (χ0) is 13.7. The molecule has 0 amide bonds. The van der Waals surface area contributed by atoms with E-state index in [0.717, 1.165) is 24.8 Å². The monoisotopic (exact) mass is 292 g/mol. The molecule has 2 fully saturated rings. The van der Waals surface area contributed by atoms with E-state index in [2.05, 4.69) is 10.3 Å². The van der Waals surface area contributed by atoms with Crippen LogP contribution in [0.3, 0.4) is 0 Å². The zero-order valence-corrected chi connectivity index (χ0v) is 11.8. The van der Waals surface area contributed by atoms with Crippen LogP contribution < -0.4 is 0 Å². The molecule has 5 nitrogen and oxygen atoms in total. The fourth-order valence-corrected chi connectivity index (χ4v) is 5.81. The normalized spacial score (nSPS) is 37.1. The molecule has 20 heavy (non-hydrogen) atoms. The maximum Gasteiger partial charge on any atom is 0.135 e. The fraction of sp³-hybridized carbons (Fsp3) is 0.571. The van der Waals surface area contributed by atoms with Gasteiger partial charge >= 0.3 is 0 Å². The quantitative estimate of drug-likeness (QED) is 0.868. The Labute approximate surface area is 118 Å². The van der Waals surface area contributed by atoms with Crippen molar-refractivity contribution in [1.29, 1.82) is 0 Å². The molecule has 0 spiro atoms. The number of aromatic nitrogens is 2. The summed E-state index contributed by atoms with van der Waals surface area (Å²) in [5, 5.41) is 18.9. The Balaban J connectivity index is 1.74. The minimum atomic E-state index is -0.892. The number of nitrogens with zero attached hydrogens (tertiary/aromatic N) is 2. The average Bonchev–Trinajstić information content (AvgIpc) is 2.88. The SMILES string of the molecule is O=S1C2CCCC1CC(O)(c1ccc3nonc3c1)C2. The largest absolute Gasteiger partial charge is 0.385 e. The lowest BCUT2D eigenvalue weighted by Crippen LogP contribution is -2.47. The highest BCUT2D eigenvalue weighted by Gasteiger charge is 2.46. The molecule has 1 aromatic carbocycles. The molecule has 2 aliphatic heterocycles. The molecule has 2 unspecified atom stereocenters. The van der Waals surface area contributed by atoms with Gasteiger partial charge in [0.2, 0.25) is 0 Å². The van der Waals surface area contributed by atoms with Crippen LogP contribution in [0.5, 0.6) is 0 Å². The predicted octanol–water partition coefficient (Wildman–Crippen LogP) is 1.87. The number of hydrogen-bond donors (Lipinski definition) is 1. The lowest BCUT2D eigenvalue weighted by atomic mass is 9.80. The molecular formula is C14H16N2O3S. The first-order valence-corrected chi connectivity index (χ1v) is 8.28. The summed E-state index contributed by atoms with van der Waals surface area (Å²) in [6.45, 7) is 0. The molecule has 0 radical (unpaired) electrons. The van der Waals surface area contributed by atoms with Crippen LogP contribution in [0, 0.1) is 0 Å². The lowest BCUT2D eigenvalue weighted by molar-refractivity contribution is 0.00664. The standard InChI is InChI=1S/C14H16N2O3S/c17-14(7-10-2-1-3-11(8-14)20(10)18)9-4-5-12-13(6-9)16-19-15-12/h4-6,10-11,17H,1-3,7-8H2. The van der Waals surface area contributed by atoms with E-state index in [9.17, 15) is 9.32 Å². The van der Waals surface area contributed by atoms with E-state index in [1.165, 1.54) is 0 Å². The summed E-state index contributed by atoms with van der Waals surface area (Å²) in [6.07, 6.45) is 4.20.